The molecular weight excluding hydrogens is 399 g/mol. The lowest BCUT2D eigenvalue weighted by Crippen LogP contribution is -2.15. The van der Waals surface area contributed by atoms with Crippen LogP contribution in [-0.2, 0) is 0 Å². The van der Waals surface area contributed by atoms with Crippen LogP contribution >= 0.6 is 27.3 Å². The van der Waals surface area contributed by atoms with Gasteiger partial charge < -0.3 is 9.47 Å². The van der Waals surface area contributed by atoms with Crippen LogP contribution in [0.1, 0.15) is 10.4 Å². The van der Waals surface area contributed by atoms with Gasteiger partial charge >= 0.3 is 0 Å². The molecule has 0 saturated heterocycles. The maximum absolute atomic E-state index is 13.8. The van der Waals surface area contributed by atoms with Gasteiger partial charge in [0, 0.05) is 16.6 Å². The SMILES string of the molecule is O=C(Nc1nc2cc3c(cc2s1)OCCO3)c1cc(Br)ccc1F. The summed E-state index contributed by atoms with van der Waals surface area (Å²) in [5.74, 6) is 0.155. The summed E-state index contributed by atoms with van der Waals surface area (Å²) in [5, 5.41) is 3.02. The van der Waals surface area contributed by atoms with Crippen molar-refractivity contribution in [2.45, 2.75) is 0 Å². The Morgan fingerprint density at radius 1 is 1.21 bits per heavy atom. The second-order valence-electron chi connectivity index (χ2n) is 5.06. The monoisotopic (exact) mass is 408 g/mol. The van der Waals surface area contributed by atoms with Gasteiger partial charge in [0.15, 0.2) is 16.6 Å². The quantitative estimate of drug-likeness (QED) is 0.689. The number of carbonyl (C=O) groups excluding carboxylic acids is 1. The van der Waals surface area contributed by atoms with Gasteiger partial charge in [-0.3, -0.25) is 10.1 Å². The van der Waals surface area contributed by atoms with Crippen LogP contribution in [0, 0.1) is 5.82 Å². The van der Waals surface area contributed by atoms with Crippen molar-refractivity contribution in [1.82, 2.24) is 4.98 Å². The summed E-state index contributed by atoms with van der Waals surface area (Å²) in [6.07, 6.45) is 0. The molecule has 3 aromatic rings. The lowest BCUT2D eigenvalue weighted by atomic mass is 10.2. The molecule has 1 amide bonds. The van der Waals surface area contributed by atoms with Gasteiger partial charge in [0.05, 0.1) is 15.8 Å². The minimum atomic E-state index is -0.589. The number of ether oxygens (including phenoxy) is 2. The fourth-order valence-corrected chi connectivity index (χ4v) is 3.59. The third-order valence-corrected chi connectivity index (χ3v) is 4.87. The molecule has 1 aliphatic heterocycles. The van der Waals surface area contributed by atoms with Gasteiger partial charge in [-0.1, -0.05) is 27.3 Å². The normalized spacial score (nSPS) is 13.1. The number of anilines is 1. The molecule has 2 heterocycles. The summed E-state index contributed by atoms with van der Waals surface area (Å²) in [6.45, 7) is 0.997. The summed E-state index contributed by atoms with van der Waals surface area (Å²) in [6, 6.07) is 7.80. The molecule has 24 heavy (non-hydrogen) atoms. The Morgan fingerprint density at radius 2 is 1.96 bits per heavy atom. The molecule has 0 radical (unpaired) electrons. The summed E-state index contributed by atoms with van der Waals surface area (Å²) in [5.41, 5.74) is 0.642. The van der Waals surface area contributed by atoms with E-state index >= 15 is 0 Å². The van der Waals surface area contributed by atoms with E-state index in [0.29, 0.717) is 39.8 Å². The number of thiazole rings is 1. The van der Waals surface area contributed by atoms with Gasteiger partial charge in [0.25, 0.3) is 5.91 Å². The number of fused-ring (bicyclic) bond motifs is 2. The number of carbonyl (C=O) groups is 1. The Balaban J connectivity index is 1.64. The number of rotatable bonds is 2. The smallest absolute Gasteiger partial charge is 0.260 e. The molecule has 1 aliphatic rings. The largest absolute Gasteiger partial charge is 0.486 e. The van der Waals surface area contributed by atoms with Crippen molar-refractivity contribution in [3.63, 3.8) is 0 Å². The molecule has 5 nitrogen and oxygen atoms in total. The highest BCUT2D eigenvalue weighted by molar-refractivity contribution is 9.10. The van der Waals surface area contributed by atoms with E-state index in [-0.39, 0.29) is 5.56 Å². The Labute approximate surface area is 148 Å². The fraction of sp³-hybridized carbons (Fsp3) is 0.125. The van der Waals surface area contributed by atoms with Crippen molar-refractivity contribution in [3.8, 4) is 11.5 Å². The highest BCUT2D eigenvalue weighted by Crippen LogP contribution is 2.37. The number of hydrogen-bond donors (Lipinski definition) is 1. The van der Waals surface area contributed by atoms with Gasteiger partial charge in [-0.05, 0) is 18.2 Å². The van der Waals surface area contributed by atoms with Gasteiger partial charge in [-0.15, -0.1) is 0 Å². The Bertz CT molecular complexity index is 917. The molecule has 0 fully saturated rings. The van der Waals surface area contributed by atoms with Crippen molar-refractivity contribution in [2.75, 3.05) is 18.5 Å². The molecule has 1 N–H and O–H groups in total. The number of nitrogens with one attached hydrogen (secondary N) is 1. The lowest BCUT2D eigenvalue weighted by Gasteiger charge is -2.17. The van der Waals surface area contributed by atoms with Crippen LogP contribution in [0.4, 0.5) is 9.52 Å². The minimum Gasteiger partial charge on any atom is -0.486 e. The molecule has 4 rings (SSSR count). The van der Waals surface area contributed by atoms with E-state index in [9.17, 15) is 9.18 Å². The first kappa shape index (κ1) is 15.3. The zero-order valence-electron chi connectivity index (χ0n) is 12.1. The third-order valence-electron chi connectivity index (χ3n) is 3.45. The Hall–Kier alpha value is -2.19. The average Bonchev–Trinajstić information content (AvgIpc) is 2.95. The number of hydrogen-bond acceptors (Lipinski definition) is 5. The van der Waals surface area contributed by atoms with E-state index in [0.717, 1.165) is 4.70 Å². The molecule has 1 aromatic heterocycles. The van der Waals surface area contributed by atoms with Crippen molar-refractivity contribution in [3.05, 3.63) is 46.2 Å². The Morgan fingerprint density at radius 3 is 2.75 bits per heavy atom. The zero-order chi connectivity index (χ0) is 16.7. The van der Waals surface area contributed by atoms with Gasteiger partial charge in [-0.25, -0.2) is 9.37 Å². The van der Waals surface area contributed by atoms with Gasteiger partial charge in [0.1, 0.15) is 19.0 Å². The number of aromatic nitrogens is 1. The lowest BCUT2D eigenvalue weighted by molar-refractivity contribution is 0.102. The number of benzene rings is 2. The first-order valence-electron chi connectivity index (χ1n) is 7.07. The first-order valence-corrected chi connectivity index (χ1v) is 8.68. The summed E-state index contributed by atoms with van der Waals surface area (Å²) >= 11 is 4.52. The van der Waals surface area contributed by atoms with Crippen LogP contribution in [0.3, 0.4) is 0 Å². The van der Waals surface area contributed by atoms with Gasteiger partial charge in [0.2, 0.25) is 0 Å². The highest BCUT2D eigenvalue weighted by atomic mass is 79.9. The van der Waals surface area contributed by atoms with Crippen LogP contribution < -0.4 is 14.8 Å². The van der Waals surface area contributed by atoms with E-state index in [1.807, 2.05) is 6.07 Å². The van der Waals surface area contributed by atoms with Crippen molar-refractivity contribution in [2.24, 2.45) is 0 Å². The predicted octanol–water partition coefficient (Wildman–Crippen LogP) is 4.22. The maximum atomic E-state index is 13.8. The second kappa shape index (κ2) is 6.03. The van der Waals surface area contributed by atoms with Crippen LogP contribution in [-0.4, -0.2) is 24.1 Å². The molecule has 0 saturated carbocycles. The summed E-state index contributed by atoms with van der Waals surface area (Å²) < 4.78 is 26.3. The first-order chi connectivity index (χ1) is 11.6. The summed E-state index contributed by atoms with van der Waals surface area (Å²) in [7, 11) is 0. The van der Waals surface area contributed by atoms with Crippen LogP contribution in [0.15, 0.2) is 34.8 Å². The van der Waals surface area contributed by atoms with Crippen LogP contribution in [0.2, 0.25) is 0 Å². The van der Waals surface area contributed by atoms with E-state index in [2.05, 4.69) is 26.2 Å². The van der Waals surface area contributed by atoms with Crippen LogP contribution in [0.5, 0.6) is 11.5 Å². The molecular formula is C16H10BrFN2O3S. The molecule has 0 unspecified atom stereocenters. The standard InChI is InChI=1S/C16H10BrFN2O3S/c17-8-1-2-10(18)9(5-8)15(21)20-16-19-11-6-12-13(7-14(11)24-16)23-4-3-22-12/h1-2,5-7H,3-4H2,(H,19,20,21). The highest BCUT2D eigenvalue weighted by Gasteiger charge is 2.17. The van der Waals surface area contributed by atoms with Crippen molar-refractivity contribution < 1.29 is 18.7 Å². The molecule has 8 heteroatoms. The van der Waals surface area contributed by atoms with Crippen LogP contribution in [0.25, 0.3) is 10.2 Å². The molecule has 0 spiro atoms. The van der Waals surface area contributed by atoms with E-state index < -0.39 is 11.7 Å². The predicted molar refractivity (Wildman–Crippen MR) is 92.7 cm³/mol. The second-order valence-corrected chi connectivity index (χ2v) is 7.01. The number of halogens is 2. The molecule has 122 valence electrons. The average molecular weight is 409 g/mol. The van der Waals surface area contributed by atoms with Crippen molar-refractivity contribution >= 4 is 48.5 Å². The molecule has 0 bridgehead atoms. The Kier molecular flexibility index (Phi) is 3.85. The van der Waals surface area contributed by atoms with Gasteiger partial charge in [-0.2, -0.15) is 0 Å². The topological polar surface area (TPSA) is 60.5 Å². The third kappa shape index (κ3) is 2.83. The maximum Gasteiger partial charge on any atom is 0.260 e. The molecule has 2 aromatic carbocycles. The molecule has 0 aliphatic carbocycles. The van der Waals surface area contributed by atoms with E-state index in [1.54, 1.807) is 6.07 Å². The zero-order valence-corrected chi connectivity index (χ0v) is 14.5. The molecule has 0 atom stereocenters. The minimum absolute atomic E-state index is 0.0467. The number of nitrogens with zero attached hydrogens (tertiary/aromatic N) is 1. The summed E-state index contributed by atoms with van der Waals surface area (Å²) in [4.78, 5) is 16.6. The van der Waals surface area contributed by atoms with E-state index in [4.69, 9.17) is 9.47 Å². The van der Waals surface area contributed by atoms with Crippen molar-refractivity contribution in [1.29, 1.82) is 0 Å². The fourth-order valence-electron chi connectivity index (χ4n) is 2.35. The van der Waals surface area contributed by atoms with E-state index in [1.165, 1.54) is 29.5 Å². The number of amides is 1.